The first-order chi connectivity index (χ1) is 15.4. The van der Waals surface area contributed by atoms with E-state index >= 15 is 0 Å². The van der Waals surface area contributed by atoms with Gasteiger partial charge in [0.2, 0.25) is 6.23 Å². The lowest BCUT2D eigenvalue weighted by Crippen LogP contribution is -2.42. The molecule has 1 amide bonds. The van der Waals surface area contributed by atoms with Gasteiger partial charge in [0.15, 0.2) is 0 Å². The maximum atomic E-state index is 13.7. The highest BCUT2D eigenvalue weighted by Crippen LogP contribution is 2.49. The molecule has 0 saturated carbocycles. The second-order valence-electron chi connectivity index (χ2n) is 7.46. The molecule has 0 aromatic heterocycles. The average molecular weight is 487 g/mol. The number of rotatable bonds is 2. The van der Waals surface area contributed by atoms with E-state index in [2.05, 4.69) is 0 Å². The molecule has 32 heavy (non-hydrogen) atoms. The Hall–Kier alpha value is -2.79. The van der Waals surface area contributed by atoms with Crippen LogP contribution < -0.4 is 4.74 Å². The molecular weight excluding hydrogens is 472 g/mol. The van der Waals surface area contributed by atoms with Gasteiger partial charge in [-0.3, -0.25) is 9.69 Å². The summed E-state index contributed by atoms with van der Waals surface area (Å²) < 4.78 is 20.0. The maximum absolute atomic E-state index is 13.7. The first-order valence-electron chi connectivity index (χ1n) is 9.80. The van der Waals surface area contributed by atoms with Crippen molar-refractivity contribution >= 4 is 50.9 Å². The molecule has 4 aromatic rings. The van der Waals surface area contributed by atoms with Crippen LogP contribution in [-0.2, 0) is 0 Å². The second-order valence-corrected chi connectivity index (χ2v) is 8.59. The van der Waals surface area contributed by atoms with Gasteiger partial charge in [0.1, 0.15) is 11.6 Å². The van der Waals surface area contributed by atoms with E-state index in [1.807, 2.05) is 36.4 Å². The summed E-state index contributed by atoms with van der Waals surface area (Å²) in [6.45, 7) is 0. The molecule has 0 N–H and O–H groups in total. The van der Waals surface area contributed by atoms with Crippen molar-refractivity contribution in [2.75, 3.05) is 0 Å². The van der Waals surface area contributed by atoms with Crippen molar-refractivity contribution in [2.24, 2.45) is 0 Å². The van der Waals surface area contributed by atoms with Gasteiger partial charge in [-0.25, -0.2) is 4.39 Å². The Balaban J connectivity index is 1.79. The number of ether oxygens (including phenoxy) is 1. The molecule has 0 unspecified atom stereocenters. The van der Waals surface area contributed by atoms with Crippen LogP contribution in [0, 0.1) is 5.82 Å². The number of benzene rings is 4. The van der Waals surface area contributed by atoms with Gasteiger partial charge < -0.3 is 4.74 Å². The molecule has 0 radical (unpaired) electrons. The monoisotopic (exact) mass is 485 g/mol. The number of halogens is 4. The van der Waals surface area contributed by atoms with E-state index in [9.17, 15) is 9.18 Å². The van der Waals surface area contributed by atoms with E-state index in [-0.39, 0.29) is 5.82 Å². The topological polar surface area (TPSA) is 29.5 Å². The minimum Gasteiger partial charge on any atom is -0.466 e. The Morgan fingerprint density at radius 2 is 1.59 bits per heavy atom. The SMILES string of the molecule is O=C(Cl)N1[C@H](c2ccc(F)cc2)c2c(ccc3ccccc23)O[C@H]1c1ccc(Cl)c(Cl)c1. The number of nitrogens with zero attached hydrogens (tertiary/aromatic N) is 1. The zero-order chi connectivity index (χ0) is 22.4. The van der Waals surface area contributed by atoms with E-state index in [1.54, 1.807) is 30.3 Å². The first kappa shape index (κ1) is 21.1. The van der Waals surface area contributed by atoms with Crippen molar-refractivity contribution < 1.29 is 13.9 Å². The van der Waals surface area contributed by atoms with Crippen LogP contribution in [0.1, 0.15) is 29.0 Å². The summed E-state index contributed by atoms with van der Waals surface area (Å²) in [4.78, 5) is 14.2. The number of fused-ring (bicyclic) bond motifs is 3. The van der Waals surface area contributed by atoms with Crippen molar-refractivity contribution in [1.29, 1.82) is 0 Å². The fraction of sp³-hybridized carbons (Fsp3) is 0.0800. The Kier molecular flexibility index (Phi) is 5.46. The average Bonchev–Trinajstić information content (AvgIpc) is 2.80. The summed E-state index contributed by atoms with van der Waals surface area (Å²) in [6, 6.07) is 22.1. The van der Waals surface area contributed by atoms with E-state index in [0.29, 0.717) is 26.9 Å². The molecule has 0 spiro atoms. The summed E-state index contributed by atoms with van der Waals surface area (Å²) in [7, 11) is 0. The molecule has 160 valence electrons. The van der Waals surface area contributed by atoms with Crippen LogP contribution in [-0.4, -0.2) is 10.3 Å². The van der Waals surface area contributed by atoms with E-state index in [4.69, 9.17) is 39.5 Å². The standard InChI is InChI=1S/C25H15Cl3FNO2/c26-19-11-7-16(13-20(19)27)24-30(25(28)31)23(15-5-9-17(29)10-6-15)22-18-4-2-1-3-14(18)8-12-21(22)32-24/h1-13,23-24H/t23-,24+/m1/s1. The molecule has 0 fully saturated rings. The van der Waals surface area contributed by atoms with E-state index < -0.39 is 17.6 Å². The first-order valence-corrected chi connectivity index (χ1v) is 10.9. The van der Waals surface area contributed by atoms with Gasteiger partial charge in [0, 0.05) is 11.1 Å². The van der Waals surface area contributed by atoms with Crippen molar-refractivity contribution in [3.05, 3.63) is 111 Å². The third-order valence-electron chi connectivity index (χ3n) is 5.59. The lowest BCUT2D eigenvalue weighted by molar-refractivity contribution is 0.0212. The summed E-state index contributed by atoms with van der Waals surface area (Å²) >= 11 is 18.5. The molecule has 2 atom stereocenters. The number of hydrogen-bond acceptors (Lipinski definition) is 2. The second kappa shape index (κ2) is 8.28. The minimum absolute atomic E-state index is 0.331. The fourth-order valence-corrected chi connectivity index (χ4v) is 4.67. The fourth-order valence-electron chi connectivity index (χ4n) is 4.17. The van der Waals surface area contributed by atoms with Crippen LogP contribution in [0.25, 0.3) is 10.8 Å². The Bertz CT molecular complexity index is 1340. The highest BCUT2D eigenvalue weighted by molar-refractivity contribution is 6.62. The molecule has 0 saturated heterocycles. The summed E-state index contributed by atoms with van der Waals surface area (Å²) in [5.41, 5.74) is 2.09. The van der Waals surface area contributed by atoms with Crippen LogP contribution in [0.3, 0.4) is 0 Å². The van der Waals surface area contributed by atoms with Gasteiger partial charge in [-0.2, -0.15) is 0 Å². The molecule has 0 bridgehead atoms. The Morgan fingerprint density at radius 1 is 0.875 bits per heavy atom. The Morgan fingerprint density at radius 3 is 2.31 bits per heavy atom. The van der Waals surface area contributed by atoms with Gasteiger partial charge in [0.05, 0.1) is 16.1 Å². The summed E-state index contributed by atoms with van der Waals surface area (Å²) in [6.07, 6.45) is -0.863. The third-order valence-corrected chi connectivity index (χ3v) is 6.53. The number of hydrogen-bond donors (Lipinski definition) is 0. The van der Waals surface area contributed by atoms with Crippen molar-refractivity contribution in [1.82, 2.24) is 4.90 Å². The van der Waals surface area contributed by atoms with Gasteiger partial charge in [-0.1, -0.05) is 71.7 Å². The molecular formula is C25H15Cl3FNO2. The summed E-state index contributed by atoms with van der Waals surface area (Å²) in [5.74, 6) is 0.229. The van der Waals surface area contributed by atoms with Crippen LogP contribution in [0.15, 0.2) is 78.9 Å². The predicted octanol–water partition coefficient (Wildman–Crippen LogP) is 8.13. The molecule has 7 heteroatoms. The lowest BCUT2D eigenvalue weighted by atomic mass is 9.90. The summed E-state index contributed by atoms with van der Waals surface area (Å²) in [5, 5.41) is 1.90. The van der Waals surface area contributed by atoms with Crippen LogP contribution in [0.5, 0.6) is 5.75 Å². The molecule has 5 rings (SSSR count). The minimum atomic E-state index is -0.863. The molecule has 4 aromatic carbocycles. The number of carbonyl (C=O) groups is 1. The zero-order valence-electron chi connectivity index (χ0n) is 16.4. The smallest absolute Gasteiger partial charge is 0.320 e. The maximum Gasteiger partial charge on any atom is 0.320 e. The predicted molar refractivity (Wildman–Crippen MR) is 125 cm³/mol. The molecule has 1 heterocycles. The number of amides is 1. The largest absolute Gasteiger partial charge is 0.466 e. The Labute approximate surface area is 198 Å². The highest BCUT2D eigenvalue weighted by atomic mass is 35.5. The quantitative estimate of drug-likeness (QED) is 0.211. The van der Waals surface area contributed by atoms with E-state index in [1.165, 1.54) is 17.0 Å². The molecule has 1 aliphatic heterocycles. The third kappa shape index (κ3) is 3.58. The highest BCUT2D eigenvalue weighted by Gasteiger charge is 2.41. The van der Waals surface area contributed by atoms with Crippen LogP contribution >= 0.6 is 34.8 Å². The molecule has 0 aliphatic carbocycles. The van der Waals surface area contributed by atoms with Crippen molar-refractivity contribution in [3.63, 3.8) is 0 Å². The zero-order valence-corrected chi connectivity index (χ0v) is 18.7. The number of carbonyl (C=O) groups excluding carboxylic acids is 1. The van der Waals surface area contributed by atoms with Crippen molar-refractivity contribution in [2.45, 2.75) is 12.3 Å². The van der Waals surface area contributed by atoms with Gasteiger partial charge in [-0.15, -0.1) is 0 Å². The van der Waals surface area contributed by atoms with Crippen LogP contribution in [0.2, 0.25) is 10.0 Å². The van der Waals surface area contributed by atoms with Crippen molar-refractivity contribution in [3.8, 4) is 5.75 Å². The normalized spacial score (nSPS) is 17.7. The molecule has 1 aliphatic rings. The van der Waals surface area contributed by atoms with E-state index in [0.717, 1.165) is 16.3 Å². The van der Waals surface area contributed by atoms with Crippen LogP contribution in [0.4, 0.5) is 9.18 Å². The lowest BCUT2D eigenvalue weighted by Gasteiger charge is -2.42. The molecule has 3 nitrogen and oxygen atoms in total. The van der Waals surface area contributed by atoms with Gasteiger partial charge in [0.25, 0.3) is 0 Å². The van der Waals surface area contributed by atoms with Gasteiger partial charge >= 0.3 is 5.37 Å². The van der Waals surface area contributed by atoms with Gasteiger partial charge in [-0.05, 0) is 58.3 Å².